The van der Waals surface area contributed by atoms with Crippen molar-refractivity contribution in [2.45, 2.75) is 0 Å². The Morgan fingerprint density at radius 3 is 2.47 bits per heavy atom. The SMILES string of the molecule is CN(C(=O)c1cc(F)ccc1Br)c1ccc(N)cc1. The fourth-order valence-electron chi connectivity index (χ4n) is 1.66. The minimum Gasteiger partial charge on any atom is -0.399 e. The van der Waals surface area contributed by atoms with Crippen LogP contribution in [0.25, 0.3) is 0 Å². The van der Waals surface area contributed by atoms with E-state index >= 15 is 0 Å². The molecule has 2 rings (SSSR count). The molecule has 0 unspecified atom stereocenters. The van der Waals surface area contributed by atoms with Crippen molar-refractivity contribution in [1.82, 2.24) is 0 Å². The molecule has 0 bridgehead atoms. The van der Waals surface area contributed by atoms with Crippen molar-refractivity contribution in [3.63, 3.8) is 0 Å². The van der Waals surface area contributed by atoms with Gasteiger partial charge in [0.1, 0.15) is 5.82 Å². The molecule has 0 aliphatic carbocycles. The number of amides is 1. The highest BCUT2D eigenvalue weighted by Gasteiger charge is 2.17. The molecule has 0 aliphatic rings. The van der Waals surface area contributed by atoms with E-state index in [2.05, 4.69) is 15.9 Å². The lowest BCUT2D eigenvalue weighted by molar-refractivity contribution is 0.0992. The Kier molecular flexibility index (Phi) is 3.85. The number of carbonyl (C=O) groups is 1. The van der Waals surface area contributed by atoms with Gasteiger partial charge in [0, 0.05) is 22.9 Å². The van der Waals surface area contributed by atoms with Crippen LogP contribution in [-0.4, -0.2) is 13.0 Å². The second kappa shape index (κ2) is 5.40. The highest BCUT2D eigenvalue weighted by Crippen LogP contribution is 2.22. The van der Waals surface area contributed by atoms with Crippen LogP contribution in [0.15, 0.2) is 46.9 Å². The Balaban J connectivity index is 2.33. The van der Waals surface area contributed by atoms with Crippen LogP contribution in [0.4, 0.5) is 15.8 Å². The summed E-state index contributed by atoms with van der Waals surface area (Å²) in [4.78, 5) is 13.7. The Labute approximate surface area is 119 Å². The van der Waals surface area contributed by atoms with Gasteiger partial charge >= 0.3 is 0 Å². The van der Waals surface area contributed by atoms with Gasteiger partial charge in [-0.2, -0.15) is 0 Å². The van der Waals surface area contributed by atoms with E-state index in [4.69, 9.17) is 5.73 Å². The third-order valence-corrected chi connectivity index (χ3v) is 3.44. The number of halogens is 2. The van der Waals surface area contributed by atoms with Crippen molar-refractivity contribution < 1.29 is 9.18 Å². The summed E-state index contributed by atoms with van der Waals surface area (Å²) in [6.45, 7) is 0. The Morgan fingerprint density at radius 1 is 1.21 bits per heavy atom. The monoisotopic (exact) mass is 322 g/mol. The lowest BCUT2D eigenvalue weighted by Gasteiger charge is -2.18. The topological polar surface area (TPSA) is 46.3 Å². The highest BCUT2D eigenvalue weighted by atomic mass is 79.9. The third kappa shape index (κ3) is 2.93. The van der Waals surface area contributed by atoms with Gasteiger partial charge in [-0.25, -0.2) is 4.39 Å². The van der Waals surface area contributed by atoms with E-state index in [1.54, 1.807) is 31.3 Å². The van der Waals surface area contributed by atoms with Gasteiger partial charge in [0.2, 0.25) is 0 Å². The molecule has 0 aromatic heterocycles. The van der Waals surface area contributed by atoms with Crippen LogP contribution in [0.2, 0.25) is 0 Å². The average molecular weight is 323 g/mol. The molecule has 0 heterocycles. The van der Waals surface area contributed by atoms with Crippen LogP contribution >= 0.6 is 15.9 Å². The summed E-state index contributed by atoms with van der Waals surface area (Å²) < 4.78 is 13.8. The minimum absolute atomic E-state index is 0.277. The van der Waals surface area contributed by atoms with Crippen LogP contribution < -0.4 is 10.6 Å². The van der Waals surface area contributed by atoms with E-state index in [0.717, 1.165) is 0 Å². The number of hydrogen-bond acceptors (Lipinski definition) is 2. The molecule has 0 atom stereocenters. The van der Waals surface area contributed by atoms with Crippen LogP contribution in [0.5, 0.6) is 0 Å². The van der Waals surface area contributed by atoms with E-state index in [9.17, 15) is 9.18 Å². The smallest absolute Gasteiger partial charge is 0.259 e. The van der Waals surface area contributed by atoms with Gasteiger partial charge in [0.05, 0.1) is 5.56 Å². The van der Waals surface area contributed by atoms with Gasteiger partial charge in [-0.3, -0.25) is 4.79 Å². The molecule has 0 aliphatic heterocycles. The van der Waals surface area contributed by atoms with Crippen molar-refractivity contribution in [1.29, 1.82) is 0 Å². The first kappa shape index (κ1) is 13.5. The quantitative estimate of drug-likeness (QED) is 0.861. The summed E-state index contributed by atoms with van der Waals surface area (Å²) in [5.74, 6) is -0.742. The van der Waals surface area contributed by atoms with Gasteiger partial charge in [-0.15, -0.1) is 0 Å². The summed E-state index contributed by atoms with van der Waals surface area (Å²) in [5.41, 5.74) is 7.19. The van der Waals surface area contributed by atoms with Crippen LogP contribution in [0, 0.1) is 5.82 Å². The summed E-state index contributed by atoms with van der Waals surface area (Å²) in [5, 5.41) is 0. The number of nitrogens with two attached hydrogens (primary N) is 1. The summed E-state index contributed by atoms with van der Waals surface area (Å²) in [6.07, 6.45) is 0. The molecule has 19 heavy (non-hydrogen) atoms. The predicted molar refractivity (Wildman–Crippen MR) is 77.7 cm³/mol. The van der Waals surface area contributed by atoms with E-state index in [0.29, 0.717) is 15.8 Å². The number of benzene rings is 2. The zero-order valence-corrected chi connectivity index (χ0v) is 11.8. The molecule has 0 radical (unpaired) electrons. The normalized spacial score (nSPS) is 10.3. The summed E-state index contributed by atoms with van der Waals surface area (Å²) >= 11 is 3.25. The van der Waals surface area contributed by atoms with Gasteiger partial charge in [0.25, 0.3) is 5.91 Å². The molecule has 0 saturated heterocycles. The minimum atomic E-state index is -0.447. The van der Waals surface area contributed by atoms with Crippen molar-refractivity contribution in [3.05, 3.63) is 58.3 Å². The maximum atomic E-state index is 13.2. The van der Waals surface area contributed by atoms with Crippen molar-refractivity contribution in [2.24, 2.45) is 0 Å². The van der Waals surface area contributed by atoms with Crippen molar-refractivity contribution in [2.75, 3.05) is 17.7 Å². The molecule has 3 nitrogen and oxygen atoms in total. The molecule has 2 N–H and O–H groups in total. The standard InChI is InChI=1S/C14H12BrFN2O/c1-18(11-5-3-10(17)4-6-11)14(19)12-8-9(16)2-7-13(12)15/h2-8H,17H2,1H3. The number of carbonyl (C=O) groups excluding carboxylic acids is 1. The maximum Gasteiger partial charge on any atom is 0.259 e. The van der Waals surface area contributed by atoms with Crippen molar-refractivity contribution >= 4 is 33.2 Å². The lowest BCUT2D eigenvalue weighted by Crippen LogP contribution is -2.26. The first-order chi connectivity index (χ1) is 8.99. The second-order valence-electron chi connectivity index (χ2n) is 4.08. The number of nitrogens with zero attached hydrogens (tertiary/aromatic N) is 1. The molecule has 98 valence electrons. The molecular formula is C14H12BrFN2O. The number of nitrogen functional groups attached to an aromatic ring is 1. The van der Waals surface area contributed by atoms with Gasteiger partial charge in [0.15, 0.2) is 0 Å². The molecule has 0 saturated carbocycles. The first-order valence-corrected chi connectivity index (χ1v) is 6.37. The van der Waals surface area contributed by atoms with Crippen LogP contribution in [0.1, 0.15) is 10.4 Å². The van der Waals surface area contributed by atoms with E-state index in [-0.39, 0.29) is 11.5 Å². The summed E-state index contributed by atoms with van der Waals surface area (Å²) in [6, 6.07) is 10.9. The number of hydrogen-bond donors (Lipinski definition) is 1. The van der Waals surface area contributed by atoms with Crippen LogP contribution in [0.3, 0.4) is 0 Å². The number of anilines is 2. The number of rotatable bonds is 2. The third-order valence-electron chi connectivity index (χ3n) is 2.74. The molecular weight excluding hydrogens is 311 g/mol. The molecule has 0 fully saturated rings. The fraction of sp³-hybridized carbons (Fsp3) is 0.0714. The molecule has 2 aromatic rings. The average Bonchev–Trinajstić information content (AvgIpc) is 2.41. The zero-order valence-electron chi connectivity index (χ0n) is 10.2. The first-order valence-electron chi connectivity index (χ1n) is 5.57. The predicted octanol–water partition coefficient (Wildman–Crippen LogP) is 3.45. The Morgan fingerprint density at radius 2 is 1.84 bits per heavy atom. The summed E-state index contributed by atoms with van der Waals surface area (Å²) in [7, 11) is 1.63. The molecule has 0 spiro atoms. The second-order valence-corrected chi connectivity index (χ2v) is 4.93. The van der Waals surface area contributed by atoms with Gasteiger partial charge in [-0.05, 0) is 58.4 Å². The Bertz CT molecular complexity index is 613. The molecule has 5 heteroatoms. The lowest BCUT2D eigenvalue weighted by atomic mass is 10.2. The molecule has 1 amide bonds. The highest BCUT2D eigenvalue weighted by molar-refractivity contribution is 9.10. The molecule has 2 aromatic carbocycles. The van der Waals surface area contributed by atoms with Crippen LogP contribution in [-0.2, 0) is 0 Å². The largest absolute Gasteiger partial charge is 0.399 e. The Hall–Kier alpha value is -1.88. The van der Waals surface area contributed by atoms with Crippen molar-refractivity contribution in [3.8, 4) is 0 Å². The van der Waals surface area contributed by atoms with E-state index < -0.39 is 5.82 Å². The van der Waals surface area contributed by atoms with Gasteiger partial charge in [-0.1, -0.05) is 0 Å². The van der Waals surface area contributed by atoms with E-state index in [1.165, 1.54) is 23.1 Å². The fourth-order valence-corrected chi connectivity index (χ4v) is 2.07. The van der Waals surface area contributed by atoms with E-state index in [1.807, 2.05) is 0 Å². The maximum absolute atomic E-state index is 13.2. The zero-order chi connectivity index (χ0) is 14.0. The van der Waals surface area contributed by atoms with Gasteiger partial charge < -0.3 is 10.6 Å².